The number of nitrogens with one attached hydrogen (secondary N) is 1. The highest BCUT2D eigenvalue weighted by molar-refractivity contribution is 8.03. The van der Waals surface area contributed by atoms with Gasteiger partial charge in [-0.15, -0.1) is 11.8 Å². The molecule has 0 atom stereocenters. The van der Waals surface area contributed by atoms with Gasteiger partial charge in [0, 0.05) is 5.69 Å². The summed E-state index contributed by atoms with van der Waals surface area (Å²) in [7, 11) is 0. The van der Waals surface area contributed by atoms with Crippen LogP contribution < -0.4 is 5.32 Å². The van der Waals surface area contributed by atoms with Crippen LogP contribution in [-0.4, -0.2) is 29.0 Å². The minimum atomic E-state index is -0.200. The summed E-state index contributed by atoms with van der Waals surface area (Å²) in [6, 6.07) is 15.5. The van der Waals surface area contributed by atoms with Crippen LogP contribution in [0.5, 0.6) is 0 Å². The van der Waals surface area contributed by atoms with E-state index in [0.717, 1.165) is 28.1 Å². The molecule has 0 unspecified atom stereocenters. The van der Waals surface area contributed by atoms with Gasteiger partial charge in [0.25, 0.3) is 0 Å². The first-order valence-electron chi connectivity index (χ1n) is 8.09. The molecule has 128 valence electrons. The molecule has 5 heteroatoms. The van der Waals surface area contributed by atoms with E-state index in [1.807, 2.05) is 67.8 Å². The van der Waals surface area contributed by atoms with Gasteiger partial charge in [0.1, 0.15) is 6.54 Å². The summed E-state index contributed by atoms with van der Waals surface area (Å²) < 4.78 is 0. The highest BCUT2D eigenvalue weighted by atomic mass is 32.2. The van der Waals surface area contributed by atoms with E-state index >= 15 is 0 Å². The summed E-state index contributed by atoms with van der Waals surface area (Å²) in [5.74, 6) is 0.101. The molecule has 25 heavy (non-hydrogen) atoms. The largest absolute Gasteiger partial charge is 0.324 e. The van der Waals surface area contributed by atoms with Crippen LogP contribution in [0.1, 0.15) is 16.7 Å². The lowest BCUT2D eigenvalue weighted by Gasteiger charge is -2.28. The second kappa shape index (κ2) is 7.57. The lowest BCUT2D eigenvalue weighted by atomic mass is 10.1. The molecule has 1 aliphatic heterocycles. The third kappa shape index (κ3) is 4.12. The third-order valence-corrected chi connectivity index (χ3v) is 4.82. The Kier molecular flexibility index (Phi) is 5.24. The van der Waals surface area contributed by atoms with Gasteiger partial charge in [0.15, 0.2) is 0 Å². The molecule has 2 aromatic rings. The second-order valence-corrected chi connectivity index (χ2v) is 6.88. The Balaban J connectivity index is 1.77. The number of rotatable bonds is 4. The number of anilines is 1. The number of amides is 2. The van der Waals surface area contributed by atoms with Gasteiger partial charge in [-0.2, -0.15) is 0 Å². The minimum Gasteiger partial charge on any atom is -0.324 e. The number of carbonyl (C=O) groups is 2. The molecule has 0 aliphatic carbocycles. The van der Waals surface area contributed by atoms with E-state index < -0.39 is 0 Å². The fourth-order valence-corrected chi connectivity index (χ4v) is 3.56. The topological polar surface area (TPSA) is 49.4 Å². The summed E-state index contributed by atoms with van der Waals surface area (Å²) in [6.45, 7) is 3.98. The maximum Gasteiger partial charge on any atom is 0.244 e. The van der Waals surface area contributed by atoms with Crippen LogP contribution in [-0.2, 0) is 9.59 Å². The first-order chi connectivity index (χ1) is 12.0. The molecular weight excluding hydrogens is 332 g/mol. The van der Waals surface area contributed by atoms with Gasteiger partial charge in [0.2, 0.25) is 11.8 Å². The third-order valence-electron chi connectivity index (χ3n) is 4.02. The molecule has 2 amide bonds. The Labute approximate surface area is 151 Å². The molecule has 0 bridgehead atoms. The van der Waals surface area contributed by atoms with Gasteiger partial charge in [0.05, 0.1) is 11.4 Å². The van der Waals surface area contributed by atoms with E-state index in [1.165, 1.54) is 11.8 Å². The Hall–Kier alpha value is -2.53. The lowest BCUT2D eigenvalue weighted by molar-refractivity contribution is -0.129. The van der Waals surface area contributed by atoms with Crippen molar-refractivity contribution in [2.24, 2.45) is 0 Å². The molecular formula is C20H20N2O2S. The first-order valence-corrected chi connectivity index (χ1v) is 9.14. The molecule has 0 saturated heterocycles. The molecule has 1 N–H and O–H groups in total. The Bertz CT molecular complexity index is 831. The summed E-state index contributed by atoms with van der Waals surface area (Å²) >= 11 is 1.46. The number of nitrogens with zero attached hydrogens (tertiary/aromatic N) is 1. The number of hydrogen-bond acceptors (Lipinski definition) is 3. The number of thioether (sulfide) groups is 1. The SMILES string of the molecule is Cc1ccc(NC(=O)CN2C(=O)CSC=C2c2ccccc2)c(C)c1. The summed E-state index contributed by atoms with van der Waals surface area (Å²) in [6.07, 6.45) is 0. The van der Waals surface area contributed by atoms with E-state index in [-0.39, 0.29) is 18.4 Å². The van der Waals surface area contributed by atoms with Crippen LogP contribution in [0, 0.1) is 13.8 Å². The van der Waals surface area contributed by atoms with Crippen LogP contribution in [0.2, 0.25) is 0 Å². The zero-order valence-electron chi connectivity index (χ0n) is 14.3. The Morgan fingerprint density at radius 1 is 1.16 bits per heavy atom. The molecule has 0 spiro atoms. The van der Waals surface area contributed by atoms with Crippen molar-refractivity contribution in [3.8, 4) is 0 Å². The van der Waals surface area contributed by atoms with Crippen LogP contribution in [0.25, 0.3) is 5.70 Å². The zero-order valence-corrected chi connectivity index (χ0v) is 15.1. The second-order valence-electron chi connectivity index (χ2n) is 6.03. The fraction of sp³-hybridized carbons (Fsp3) is 0.200. The maximum absolute atomic E-state index is 12.5. The van der Waals surface area contributed by atoms with Crippen molar-refractivity contribution in [2.75, 3.05) is 17.6 Å². The molecule has 0 saturated carbocycles. The van der Waals surface area contributed by atoms with Crippen LogP contribution >= 0.6 is 11.8 Å². The van der Waals surface area contributed by atoms with Gasteiger partial charge in [-0.3, -0.25) is 9.59 Å². The molecule has 2 aromatic carbocycles. The van der Waals surface area contributed by atoms with Crippen LogP contribution in [0.3, 0.4) is 0 Å². The highest BCUT2D eigenvalue weighted by Gasteiger charge is 2.25. The zero-order chi connectivity index (χ0) is 17.8. The molecule has 3 rings (SSSR count). The van der Waals surface area contributed by atoms with E-state index in [0.29, 0.717) is 5.75 Å². The van der Waals surface area contributed by atoms with Crippen molar-refractivity contribution in [3.05, 3.63) is 70.6 Å². The average Bonchev–Trinajstić information content (AvgIpc) is 2.60. The molecule has 0 radical (unpaired) electrons. The predicted molar refractivity (Wildman–Crippen MR) is 103 cm³/mol. The van der Waals surface area contributed by atoms with E-state index in [9.17, 15) is 9.59 Å². The van der Waals surface area contributed by atoms with Crippen LogP contribution in [0.15, 0.2) is 53.9 Å². The molecule has 1 aliphatic rings. The Morgan fingerprint density at radius 3 is 2.64 bits per heavy atom. The van der Waals surface area contributed by atoms with E-state index in [4.69, 9.17) is 0 Å². The predicted octanol–water partition coefficient (Wildman–Crippen LogP) is 3.82. The normalized spacial score (nSPS) is 14.2. The monoisotopic (exact) mass is 352 g/mol. The summed E-state index contributed by atoms with van der Waals surface area (Å²) in [5.41, 5.74) is 4.64. The average molecular weight is 352 g/mol. The number of benzene rings is 2. The maximum atomic E-state index is 12.5. The van der Waals surface area contributed by atoms with Crippen molar-refractivity contribution in [1.29, 1.82) is 0 Å². The molecule has 4 nitrogen and oxygen atoms in total. The lowest BCUT2D eigenvalue weighted by Crippen LogP contribution is -2.39. The number of carbonyl (C=O) groups excluding carboxylic acids is 2. The Morgan fingerprint density at radius 2 is 1.92 bits per heavy atom. The van der Waals surface area contributed by atoms with Crippen molar-refractivity contribution in [2.45, 2.75) is 13.8 Å². The molecule has 1 heterocycles. The van der Waals surface area contributed by atoms with Crippen molar-refractivity contribution in [1.82, 2.24) is 4.90 Å². The van der Waals surface area contributed by atoms with Crippen molar-refractivity contribution >= 4 is 35.0 Å². The number of aryl methyl sites for hydroxylation is 2. The van der Waals surface area contributed by atoms with Gasteiger partial charge in [-0.05, 0) is 36.4 Å². The molecule has 0 aromatic heterocycles. The van der Waals surface area contributed by atoms with Gasteiger partial charge in [-0.25, -0.2) is 0 Å². The van der Waals surface area contributed by atoms with Crippen molar-refractivity contribution in [3.63, 3.8) is 0 Å². The van der Waals surface area contributed by atoms with Gasteiger partial charge < -0.3 is 10.2 Å². The summed E-state index contributed by atoms with van der Waals surface area (Å²) in [5, 5.41) is 4.86. The van der Waals surface area contributed by atoms with Crippen LogP contribution in [0.4, 0.5) is 5.69 Å². The van der Waals surface area contributed by atoms with Gasteiger partial charge >= 0.3 is 0 Å². The standard InChI is InChI=1S/C20H20N2O2S/c1-14-8-9-17(15(2)10-14)21-19(23)11-22-18(12-25-13-20(22)24)16-6-4-3-5-7-16/h3-10,12H,11,13H2,1-2H3,(H,21,23). The summed E-state index contributed by atoms with van der Waals surface area (Å²) in [4.78, 5) is 26.4. The van der Waals surface area contributed by atoms with Gasteiger partial charge in [-0.1, -0.05) is 48.0 Å². The minimum absolute atomic E-state index is 0.00738. The quantitative estimate of drug-likeness (QED) is 0.910. The first kappa shape index (κ1) is 17.3. The number of hydrogen-bond donors (Lipinski definition) is 1. The highest BCUT2D eigenvalue weighted by Crippen LogP contribution is 2.28. The molecule has 0 fully saturated rings. The van der Waals surface area contributed by atoms with E-state index in [2.05, 4.69) is 5.32 Å². The van der Waals surface area contributed by atoms with Crippen molar-refractivity contribution < 1.29 is 9.59 Å². The van der Waals surface area contributed by atoms with E-state index in [1.54, 1.807) is 4.90 Å². The smallest absolute Gasteiger partial charge is 0.244 e. The fourth-order valence-electron chi connectivity index (χ4n) is 2.76.